The van der Waals surface area contributed by atoms with Crippen molar-refractivity contribution in [2.75, 3.05) is 45.8 Å². The summed E-state index contributed by atoms with van der Waals surface area (Å²) in [6.45, 7) is 6.08. The van der Waals surface area contributed by atoms with Crippen LogP contribution in [0, 0.1) is 0 Å². The van der Waals surface area contributed by atoms with Crippen molar-refractivity contribution in [3.8, 4) is 0 Å². The summed E-state index contributed by atoms with van der Waals surface area (Å²) in [6, 6.07) is 7.24. The van der Waals surface area contributed by atoms with Crippen molar-refractivity contribution in [3.05, 3.63) is 35.4 Å². The molecule has 0 spiro atoms. The van der Waals surface area contributed by atoms with Crippen LogP contribution in [0.25, 0.3) is 0 Å². The molecule has 2 aliphatic rings. The Morgan fingerprint density at radius 1 is 1.07 bits per heavy atom. The molecule has 0 radical (unpaired) electrons. The molecule has 3 rings (SSSR count). The average Bonchev–Trinajstić information content (AvgIpc) is 3.30. The standard InChI is InChI=1S/C21H30N6O3/c1-2-22-21(25-14-19(29)26-10-3-4-11-26)24-13-16-5-7-17(8-6-16)20(30)27-12-9-23-18(28)15-27/h5-8H,2-4,9-15H2,1H3,(H,23,28)(H2,22,24,25). The number of hydrogen-bond acceptors (Lipinski definition) is 4. The first-order chi connectivity index (χ1) is 14.6. The third-order valence-corrected chi connectivity index (χ3v) is 5.16. The zero-order chi connectivity index (χ0) is 21.3. The average molecular weight is 415 g/mol. The van der Waals surface area contributed by atoms with Gasteiger partial charge >= 0.3 is 0 Å². The largest absolute Gasteiger partial charge is 0.357 e. The van der Waals surface area contributed by atoms with E-state index in [2.05, 4.69) is 20.9 Å². The molecule has 0 bridgehead atoms. The normalized spacial score (nSPS) is 17.0. The molecular weight excluding hydrogens is 384 g/mol. The number of likely N-dealkylation sites (tertiary alicyclic amines) is 1. The number of carbonyl (C=O) groups excluding carboxylic acids is 3. The zero-order valence-electron chi connectivity index (χ0n) is 17.4. The Bertz CT molecular complexity index is 786. The smallest absolute Gasteiger partial charge is 0.254 e. The van der Waals surface area contributed by atoms with Crippen LogP contribution in [-0.4, -0.2) is 79.3 Å². The summed E-state index contributed by atoms with van der Waals surface area (Å²) in [5.41, 5.74) is 1.50. The van der Waals surface area contributed by atoms with E-state index < -0.39 is 0 Å². The lowest BCUT2D eigenvalue weighted by atomic mass is 10.1. The first-order valence-corrected chi connectivity index (χ1v) is 10.5. The number of nitrogens with zero attached hydrogens (tertiary/aromatic N) is 3. The van der Waals surface area contributed by atoms with Crippen LogP contribution >= 0.6 is 0 Å². The van der Waals surface area contributed by atoms with Crippen molar-refractivity contribution in [2.24, 2.45) is 4.99 Å². The lowest BCUT2D eigenvalue weighted by Gasteiger charge is -2.26. The van der Waals surface area contributed by atoms with Crippen molar-refractivity contribution < 1.29 is 14.4 Å². The molecule has 0 aliphatic carbocycles. The zero-order valence-corrected chi connectivity index (χ0v) is 17.4. The predicted octanol–water partition coefficient (Wildman–Crippen LogP) is -0.0639. The lowest BCUT2D eigenvalue weighted by molar-refractivity contribution is -0.129. The molecule has 9 nitrogen and oxygen atoms in total. The fourth-order valence-electron chi connectivity index (χ4n) is 3.50. The van der Waals surface area contributed by atoms with Gasteiger partial charge in [0.25, 0.3) is 5.91 Å². The Hall–Kier alpha value is -3.10. The molecule has 1 aromatic carbocycles. The number of guanidine groups is 1. The topological polar surface area (TPSA) is 106 Å². The van der Waals surface area contributed by atoms with Gasteiger partial charge in [0.2, 0.25) is 11.8 Å². The summed E-state index contributed by atoms with van der Waals surface area (Å²) in [4.78, 5) is 44.2. The molecule has 2 heterocycles. The summed E-state index contributed by atoms with van der Waals surface area (Å²) in [6.07, 6.45) is 2.15. The second-order valence-corrected chi connectivity index (χ2v) is 7.41. The summed E-state index contributed by atoms with van der Waals surface area (Å²) >= 11 is 0. The molecule has 1 aromatic rings. The maximum Gasteiger partial charge on any atom is 0.254 e. The summed E-state index contributed by atoms with van der Waals surface area (Å²) in [5.74, 6) is 0.402. The minimum absolute atomic E-state index is 0.0902. The Morgan fingerprint density at radius 3 is 2.47 bits per heavy atom. The second kappa shape index (κ2) is 10.6. The third kappa shape index (κ3) is 5.95. The van der Waals surface area contributed by atoms with Gasteiger partial charge in [0.15, 0.2) is 5.96 Å². The van der Waals surface area contributed by atoms with E-state index in [0.29, 0.717) is 37.7 Å². The number of amides is 3. The van der Waals surface area contributed by atoms with Gasteiger partial charge in [-0.05, 0) is 37.5 Å². The van der Waals surface area contributed by atoms with Gasteiger partial charge < -0.3 is 25.8 Å². The summed E-state index contributed by atoms with van der Waals surface area (Å²) < 4.78 is 0. The van der Waals surface area contributed by atoms with Gasteiger partial charge in [0.05, 0.1) is 19.6 Å². The maximum atomic E-state index is 12.5. The Kier molecular flexibility index (Phi) is 7.64. The van der Waals surface area contributed by atoms with E-state index in [1.54, 1.807) is 17.0 Å². The van der Waals surface area contributed by atoms with Crippen LogP contribution in [0.2, 0.25) is 0 Å². The number of benzene rings is 1. The van der Waals surface area contributed by atoms with Crippen LogP contribution in [0.1, 0.15) is 35.7 Å². The van der Waals surface area contributed by atoms with Crippen molar-refractivity contribution in [1.29, 1.82) is 0 Å². The number of rotatable bonds is 6. The minimum Gasteiger partial charge on any atom is -0.357 e. The van der Waals surface area contributed by atoms with E-state index in [-0.39, 0.29) is 30.8 Å². The van der Waals surface area contributed by atoms with Crippen molar-refractivity contribution >= 4 is 23.7 Å². The van der Waals surface area contributed by atoms with E-state index in [4.69, 9.17) is 0 Å². The fraction of sp³-hybridized carbons (Fsp3) is 0.524. The second-order valence-electron chi connectivity index (χ2n) is 7.41. The van der Waals surface area contributed by atoms with Crippen LogP contribution in [0.5, 0.6) is 0 Å². The van der Waals surface area contributed by atoms with Gasteiger partial charge in [-0.25, -0.2) is 4.99 Å². The predicted molar refractivity (Wildman–Crippen MR) is 114 cm³/mol. The van der Waals surface area contributed by atoms with Gasteiger partial charge in [0.1, 0.15) is 0 Å². The van der Waals surface area contributed by atoms with E-state index in [0.717, 1.165) is 31.5 Å². The molecule has 2 saturated heterocycles. The number of piperazine rings is 1. The van der Waals surface area contributed by atoms with Crippen molar-refractivity contribution in [2.45, 2.75) is 26.3 Å². The Morgan fingerprint density at radius 2 is 1.80 bits per heavy atom. The van der Waals surface area contributed by atoms with E-state index in [1.807, 2.05) is 24.0 Å². The maximum absolute atomic E-state index is 12.5. The van der Waals surface area contributed by atoms with E-state index in [9.17, 15) is 14.4 Å². The molecule has 162 valence electrons. The molecule has 9 heteroatoms. The minimum atomic E-state index is -0.143. The molecule has 2 fully saturated rings. The molecule has 30 heavy (non-hydrogen) atoms. The van der Waals surface area contributed by atoms with Crippen molar-refractivity contribution in [3.63, 3.8) is 0 Å². The van der Waals surface area contributed by atoms with Crippen molar-refractivity contribution in [1.82, 2.24) is 25.8 Å². The highest BCUT2D eigenvalue weighted by Gasteiger charge is 2.22. The fourth-order valence-corrected chi connectivity index (χ4v) is 3.50. The van der Waals surface area contributed by atoms with Crippen LogP contribution in [-0.2, 0) is 16.1 Å². The van der Waals surface area contributed by atoms with Gasteiger partial charge in [-0.1, -0.05) is 12.1 Å². The van der Waals surface area contributed by atoms with E-state index in [1.165, 1.54) is 0 Å². The monoisotopic (exact) mass is 414 g/mol. The first kappa shape index (κ1) is 21.6. The molecule has 2 aliphatic heterocycles. The van der Waals surface area contributed by atoms with Crippen LogP contribution < -0.4 is 16.0 Å². The van der Waals surface area contributed by atoms with Gasteiger partial charge in [-0.3, -0.25) is 14.4 Å². The van der Waals surface area contributed by atoms with Crippen LogP contribution in [0.3, 0.4) is 0 Å². The molecule has 0 saturated carbocycles. The van der Waals surface area contributed by atoms with Crippen LogP contribution in [0.4, 0.5) is 0 Å². The number of hydrogen-bond donors (Lipinski definition) is 3. The Labute approximate surface area is 176 Å². The highest BCUT2D eigenvalue weighted by Crippen LogP contribution is 2.10. The molecular formula is C21H30N6O3. The molecule has 3 amide bonds. The molecule has 0 aromatic heterocycles. The number of nitrogens with one attached hydrogen (secondary N) is 3. The Balaban J connectivity index is 1.54. The van der Waals surface area contributed by atoms with Crippen LogP contribution in [0.15, 0.2) is 29.3 Å². The third-order valence-electron chi connectivity index (χ3n) is 5.16. The van der Waals surface area contributed by atoms with Gasteiger partial charge in [-0.2, -0.15) is 0 Å². The summed E-state index contributed by atoms with van der Waals surface area (Å²) in [7, 11) is 0. The molecule has 0 unspecified atom stereocenters. The molecule has 0 atom stereocenters. The summed E-state index contributed by atoms with van der Waals surface area (Å²) in [5, 5.41) is 8.95. The van der Waals surface area contributed by atoms with E-state index >= 15 is 0 Å². The van der Waals surface area contributed by atoms with Gasteiger partial charge in [-0.15, -0.1) is 0 Å². The highest BCUT2D eigenvalue weighted by atomic mass is 16.2. The highest BCUT2D eigenvalue weighted by molar-refractivity contribution is 5.97. The quantitative estimate of drug-likeness (QED) is 0.447. The number of carbonyl (C=O) groups is 3. The lowest BCUT2D eigenvalue weighted by Crippen LogP contribution is -2.49. The SMILES string of the molecule is CCNC(=NCc1ccc(C(=O)N2CCNC(=O)C2)cc1)NCC(=O)N1CCCC1. The first-order valence-electron chi connectivity index (χ1n) is 10.5. The number of aliphatic imine (C=N–C) groups is 1. The molecule has 3 N–H and O–H groups in total. The van der Waals surface area contributed by atoms with Gasteiger partial charge in [0, 0.05) is 38.3 Å².